The average Bonchev–Trinajstić information content (AvgIpc) is 2.60. The number of aliphatic hydroxyl groups is 1. The Hall–Kier alpha value is -1.01. The van der Waals surface area contributed by atoms with Gasteiger partial charge in [-0.3, -0.25) is 9.59 Å². The molecule has 0 bridgehead atoms. The van der Waals surface area contributed by atoms with Gasteiger partial charge in [-0.1, -0.05) is 76.9 Å². The Balaban J connectivity index is 3.91. The molecule has 0 rings (SSSR count). The summed E-state index contributed by atoms with van der Waals surface area (Å²) in [5.41, 5.74) is 0. The number of rotatable bonds is 19. The molecule has 5 nitrogen and oxygen atoms in total. The van der Waals surface area contributed by atoms with Crippen LogP contribution < -0.4 is 0 Å². The molecule has 0 aliphatic carbocycles. The van der Waals surface area contributed by atoms with E-state index in [9.17, 15) is 14.7 Å². The summed E-state index contributed by atoms with van der Waals surface area (Å²) < 4.78 is 0. The molecule has 0 aliphatic heterocycles. The van der Waals surface area contributed by atoms with Crippen LogP contribution in [0, 0.1) is 0 Å². The number of carboxylic acids is 2. The highest BCUT2D eigenvalue weighted by molar-refractivity contribution is 8.00. The number of unbranched alkanes of at least 4 members (excludes halogenated alkanes) is 10. The highest BCUT2D eigenvalue weighted by Crippen LogP contribution is 2.20. The van der Waals surface area contributed by atoms with E-state index in [0.717, 1.165) is 12.8 Å². The molecule has 27 heavy (non-hydrogen) atoms. The Morgan fingerprint density at radius 2 is 1.44 bits per heavy atom. The molecule has 3 N–H and O–H groups in total. The molecule has 0 saturated carbocycles. The van der Waals surface area contributed by atoms with Crippen molar-refractivity contribution >= 4 is 23.7 Å². The number of aliphatic carboxylic acids is 2. The van der Waals surface area contributed by atoms with Gasteiger partial charge in [0.2, 0.25) is 0 Å². The van der Waals surface area contributed by atoms with Gasteiger partial charge in [-0.05, 0) is 12.8 Å². The van der Waals surface area contributed by atoms with Gasteiger partial charge in [-0.25, -0.2) is 0 Å². The van der Waals surface area contributed by atoms with E-state index >= 15 is 0 Å². The van der Waals surface area contributed by atoms with E-state index < -0.39 is 18.0 Å². The second-order valence-electron chi connectivity index (χ2n) is 7.04. The van der Waals surface area contributed by atoms with Crippen LogP contribution in [-0.4, -0.2) is 44.4 Å². The molecular weight excluding hydrogens is 364 g/mol. The smallest absolute Gasteiger partial charge is 0.306 e. The van der Waals surface area contributed by atoms with Gasteiger partial charge in [0, 0.05) is 11.0 Å². The molecule has 0 saturated heterocycles. The van der Waals surface area contributed by atoms with Crippen molar-refractivity contribution in [3.05, 3.63) is 12.2 Å². The molecule has 0 spiro atoms. The van der Waals surface area contributed by atoms with Crippen molar-refractivity contribution in [2.24, 2.45) is 0 Å². The first-order chi connectivity index (χ1) is 13.0. The summed E-state index contributed by atoms with van der Waals surface area (Å²) in [6.07, 6.45) is 16.3. The van der Waals surface area contributed by atoms with Crippen molar-refractivity contribution in [2.45, 2.75) is 102 Å². The van der Waals surface area contributed by atoms with Gasteiger partial charge in [-0.15, -0.1) is 0 Å². The zero-order valence-electron chi connectivity index (χ0n) is 16.8. The zero-order chi connectivity index (χ0) is 20.3. The molecular formula is C21H38O5S. The number of carbonyl (C=O) groups is 2. The van der Waals surface area contributed by atoms with E-state index in [2.05, 4.69) is 6.92 Å². The fourth-order valence-electron chi connectivity index (χ4n) is 2.85. The Morgan fingerprint density at radius 1 is 0.889 bits per heavy atom. The molecule has 6 heteroatoms. The van der Waals surface area contributed by atoms with Crippen molar-refractivity contribution < 1.29 is 24.9 Å². The Morgan fingerprint density at radius 3 is 1.96 bits per heavy atom. The molecule has 0 amide bonds. The van der Waals surface area contributed by atoms with Gasteiger partial charge in [0.1, 0.15) is 0 Å². The van der Waals surface area contributed by atoms with Crippen LogP contribution >= 0.6 is 11.8 Å². The summed E-state index contributed by atoms with van der Waals surface area (Å²) in [5.74, 6) is -1.57. The maximum Gasteiger partial charge on any atom is 0.306 e. The van der Waals surface area contributed by atoms with Gasteiger partial charge in [0.15, 0.2) is 0 Å². The monoisotopic (exact) mass is 402 g/mol. The quantitative estimate of drug-likeness (QED) is 0.201. The Kier molecular flexibility index (Phi) is 17.7. The van der Waals surface area contributed by atoms with E-state index in [1.54, 1.807) is 0 Å². The van der Waals surface area contributed by atoms with Crippen LogP contribution in [0.1, 0.15) is 90.4 Å². The predicted octanol–water partition coefficient (Wildman–Crippen LogP) is 5.27. The van der Waals surface area contributed by atoms with Crippen LogP contribution in [0.25, 0.3) is 0 Å². The minimum Gasteiger partial charge on any atom is -0.481 e. The molecule has 2 unspecified atom stereocenters. The minimum absolute atomic E-state index is 0.00719. The first-order valence-electron chi connectivity index (χ1n) is 10.4. The number of allylic oxidation sites excluding steroid dienone is 1. The summed E-state index contributed by atoms with van der Waals surface area (Å²) in [6, 6.07) is 0. The number of thioether (sulfide) groups is 1. The van der Waals surface area contributed by atoms with Crippen LogP contribution in [0.3, 0.4) is 0 Å². The second-order valence-corrected chi connectivity index (χ2v) is 8.33. The summed E-state index contributed by atoms with van der Waals surface area (Å²) in [4.78, 5) is 21.4. The predicted molar refractivity (Wildman–Crippen MR) is 112 cm³/mol. The number of aliphatic hydroxyl groups excluding tert-OH is 1. The molecule has 0 heterocycles. The second kappa shape index (κ2) is 18.4. The third-order valence-electron chi connectivity index (χ3n) is 4.44. The van der Waals surface area contributed by atoms with Gasteiger partial charge in [0.05, 0.1) is 18.9 Å². The van der Waals surface area contributed by atoms with Crippen LogP contribution in [-0.2, 0) is 9.59 Å². The summed E-state index contributed by atoms with van der Waals surface area (Å²) >= 11 is 1.30. The van der Waals surface area contributed by atoms with Gasteiger partial charge >= 0.3 is 11.9 Å². The third kappa shape index (κ3) is 18.1. The molecule has 0 aliphatic rings. The fraction of sp³-hybridized carbons (Fsp3) is 0.810. The molecule has 0 aromatic carbocycles. The number of hydrogen-bond acceptors (Lipinski definition) is 4. The standard InChI is InChI=1S/C21H38O5S/c1-2-3-4-5-6-7-8-9-10-11-12-13-14-19(18(22)17-21(25)26)27-16-15-20(23)24/h13-14,18-19,22H,2-12,15-17H2,1H3,(H,23,24)(H,25,26)/b14-13-. The van der Waals surface area contributed by atoms with Crippen LogP contribution in [0.2, 0.25) is 0 Å². The van der Waals surface area contributed by atoms with Gasteiger partial charge < -0.3 is 15.3 Å². The van der Waals surface area contributed by atoms with Crippen molar-refractivity contribution in [3.63, 3.8) is 0 Å². The lowest BCUT2D eigenvalue weighted by Gasteiger charge is -2.17. The van der Waals surface area contributed by atoms with Crippen molar-refractivity contribution in [2.75, 3.05) is 5.75 Å². The van der Waals surface area contributed by atoms with E-state index in [1.807, 2.05) is 12.2 Å². The van der Waals surface area contributed by atoms with E-state index in [1.165, 1.54) is 69.5 Å². The highest BCUT2D eigenvalue weighted by atomic mass is 32.2. The lowest BCUT2D eigenvalue weighted by Crippen LogP contribution is -2.25. The van der Waals surface area contributed by atoms with Crippen molar-refractivity contribution in [1.29, 1.82) is 0 Å². The molecule has 2 atom stereocenters. The largest absolute Gasteiger partial charge is 0.481 e. The van der Waals surface area contributed by atoms with E-state index in [4.69, 9.17) is 10.2 Å². The Labute approximate surface area is 168 Å². The molecule has 0 aromatic heterocycles. The molecule has 0 radical (unpaired) electrons. The molecule has 0 aromatic rings. The summed E-state index contributed by atoms with van der Waals surface area (Å²) in [5, 5.41) is 27.2. The molecule has 158 valence electrons. The van der Waals surface area contributed by atoms with Crippen LogP contribution in [0.4, 0.5) is 0 Å². The lowest BCUT2D eigenvalue weighted by molar-refractivity contribution is -0.139. The van der Waals surface area contributed by atoms with E-state index in [0.29, 0.717) is 5.75 Å². The normalized spacial score (nSPS) is 13.7. The minimum atomic E-state index is -1.05. The number of carboxylic acid groups (broad SMARTS) is 2. The third-order valence-corrected chi connectivity index (χ3v) is 5.74. The number of hydrogen-bond donors (Lipinski definition) is 3. The first-order valence-corrected chi connectivity index (χ1v) is 11.4. The summed E-state index contributed by atoms with van der Waals surface area (Å²) in [7, 11) is 0. The molecule has 0 fully saturated rings. The zero-order valence-corrected chi connectivity index (χ0v) is 17.6. The maximum atomic E-state index is 10.8. The topological polar surface area (TPSA) is 94.8 Å². The highest BCUT2D eigenvalue weighted by Gasteiger charge is 2.20. The first kappa shape index (κ1) is 26.0. The maximum absolute atomic E-state index is 10.8. The van der Waals surface area contributed by atoms with Crippen molar-refractivity contribution in [3.8, 4) is 0 Å². The fourth-order valence-corrected chi connectivity index (χ4v) is 3.96. The lowest BCUT2D eigenvalue weighted by atomic mass is 10.1. The summed E-state index contributed by atoms with van der Waals surface area (Å²) in [6.45, 7) is 2.23. The van der Waals surface area contributed by atoms with Gasteiger partial charge in [-0.2, -0.15) is 11.8 Å². The van der Waals surface area contributed by atoms with Crippen LogP contribution in [0.15, 0.2) is 12.2 Å². The van der Waals surface area contributed by atoms with Gasteiger partial charge in [0.25, 0.3) is 0 Å². The SMILES string of the molecule is CCCCCCCCCCCC/C=C\C(SCCC(=O)O)C(O)CC(=O)O. The van der Waals surface area contributed by atoms with Crippen LogP contribution in [0.5, 0.6) is 0 Å². The average molecular weight is 403 g/mol. The van der Waals surface area contributed by atoms with Crippen molar-refractivity contribution in [1.82, 2.24) is 0 Å². The Bertz CT molecular complexity index is 411. The van der Waals surface area contributed by atoms with E-state index in [-0.39, 0.29) is 18.1 Å².